The molecule has 0 radical (unpaired) electrons. The Morgan fingerprint density at radius 1 is 1.33 bits per heavy atom. The molecular weight excluding hydrogens is 360 g/mol. The predicted octanol–water partition coefficient (Wildman–Crippen LogP) is 5.92. The molecule has 0 aliphatic rings. The van der Waals surface area contributed by atoms with E-state index in [1.807, 2.05) is 39.0 Å². The Morgan fingerprint density at radius 2 is 2.08 bits per heavy atom. The highest BCUT2D eigenvalue weighted by Gasteiger charge is 2.21. The first-order valence-electron chi connectivity index (χ1n) is 7.48. The highest BCUT2D eigenvalue weighted by Crippen LogP contribution is 2.38. The number of amides is 1. The van der Waals surface area contributed by atoms with Gasteiger partial charge in [-0.15, -0.1) is 22.7 Å². The van der Waals surface area contributed by atoms with Crippen LogP contribution in [-0.2, 0) is 6.42 Å². The molecule has 3 nitrogen and oxygen atoms in total. The first-order chi connectivity index (χ1) is 11.5. The fourth-order valence-corrected chi connectivity index (χ4v) is 5.29. The van der Waals surface area contributed by atoms with Crippen molar-refractivity contribution in [2.24, 2.45) is 0 Å². The van der Waals surface area contributed by atoms with Crippen LogP contribution in [0.25, 0.3) is 10.1 Å². The largest absolute Gasteiger partial charge is 0.312 e. The Morgan fingerprint density at radius 3 is 2.75 bits per heavy atom. The quantitative estimate of drug-likeness (QED) is 0.618. The number of halogens is 1. The van der Waals surface area contributed by atoms with Crippen molar-refractivity contribution in [3.05, 3.63) is 49.7 Å². The second kappa shape index (κ2) is 6.56. The normalized spacial score (nSPS) is 10.8. The molecule has 24 heavy (non-hydrogen) atoms. The number of rotatable bonds is 3. The maximum absolute atomic E-state index is 12.7. The summed E-state index contributed by atoms with van der Waals surface area (Å²) in [6.07, 6.45) is 0.768. The molecule has 6 heteroatoms. The number of thiophene rings is 2. The van der Waals surface area contributed by atoms with Gasteiger partial charge >= 0.3 is 0 Å². The number of nitrogens with zero attached hydrogens (tertiary/aromatic N) is 1. The summed E-state index contributed by atoms with van der Waals surface area (Å²) in [5.41, 5.74) is 2.68. The van der Waals surface area contributed by atoms with Crippen LogP contribution in [0.1, 0.15) is 38.2 Å². The van der Waals surface area contributed by atoms with Crippen LogP contribution < -0.4 is 5.32 Å². The van der Waals surface area contributed by atoms with Crippen molar-refractivity contribution in [3.63, 3.8) is 0 Å². The second-order valence-electron chi connectivity index (χ2n) is 5.51. The van der Waals surface area contributed by atoms with Gasteiger partial charge in [0.25, 0.3) is 5.91 Å². The number of benzene rings is 1. The summed E-state index contributed by atoms with van der Waals surface area (Å²) in [6.45, 7) is 5.98. The summed E-state index contributed by atoms with van der Waals surface area (Å²) in [5.74, 6) is -0.265. The summed E-state index contributed by atoms with van der Waals surface area (Å²) >= 11 is 9.20. The standard InChI is InChI=1S/C18H15ClN2OS2/c1-4-11-10(3)23-18(13(11)8-20)21-17(22)16-15(19)12-6-5-9(2)7-14(12)24-16/h5-7H,4H2,1-3H3,(H,21,22). The van der Waals surface area contributed by atoms with E-state index in [0.29, 0.717) is 20.5 Å². The van der Waals surface area contributed by atoms with E-state index in [1.54, 1.807) is 0 Å². The van der Waals surface area contributed by atoms with E-state index in [9.17, 15) is 10.1 Å². The third-order valence-electron chi connectivity index (χ3n) is 3.89. The number of hydrogen-bond acceptors (Lipinski definition) is 4. The molecule has 0 fully saturated rings. The van der Waals surface area contributed by atoms with Gasteiger partial charge in [0.2, 0.25) is 0 Å². The molecule has 0 spiro atoms. The van der Waals surface area contributed by atoms with Crippen LogP contribution in [0.2, 0.25) is 5.02 Å². The van der Waals surface area contributed by atoms with Gasteiger partial charge in [-0.2, -0.15) is 5.26 Å². The van der Waals surface area contributed by atoms with Crippen LogP contribution in [0.5, 0.6) is 0 Å². The highest BCUT2D eigenvalue weighted by atomic mass is 35.5. The molecule has 2 aromatic heterocycles. The van der Waals surface area contributed by atoms with Gasteiger partial charge in [-0.1, -0.05) is 30.7 Å². The molecule has 1 aromatic carbocycles. The number of fused-ring (bicyclic) bond motifs is 1. The zero-order valence-electron chi connectivity index (χ0n) is 13.5. The summed E-state index contributed by atoms with van der Waals surface area (Å²) < 4.78 is 0.988. The highest BCUT2D eigenvalue weighted by molar-refractivity contribution is 7.22. The van der Waals surface area contributed by atoms with E-state index >= 15 is 0 Å². The number of carbonyl (C=O) groups is 1. The number of aryl methyl sites for hydroxylation is 2. The summed E-state index contributed by atoms with van der Waals surface area (Å²) in [5, 5.41) is 14.2. The van der Waals surface area contributed by atoms with Crippen molar-refractivity contribution < 1.29 is 4.79 Å². The zero-order valence-corrected chi connectivity index (χ0v) is 15.9. The smallest absolute Gasteiger partial charge is 0.267 e. The van der Waals surface area contributed by atoms with Crippen LogP contribution in [0.15, 0.2) is 18.2 Å². The Bertz CT molecular complexity index is 995. The number of nitrogens with one attached hydrogen (secondary N) is 1. The van der Waals surface area contributed by atoms with E-state index in [-0.39, 0.29) is 5.91 Å². The molecule has 3 rings (SSSR count). The minimum atomic E-state index is -0.265. The lowest BCUT2D eigenvalue weighted by atomic mass is 10.1. The van der Waals surface area contributed by atoms with Crippen molar-refractivity contribution in [3.8, 4) is 6.07 Å². The second-order valence-corrected chi connectivity index (χ2v) is 8.16. The number of hydrogen-bond donors (Lipinski definition) is 1. The third kappa shape index (κ3) is 2.82. The molecule has 0 saturated heterocycles. The molecule has 0 aliphatic heterocycles. The van der Waals surface area contributed by atoms with Crippen molar-refractivity contribution in [1.82, 2.24) is 0 Å². The first kappa shape index (κ1) is 17.0. The van der Waals surface area contributed by atoms with Crippen LogP contribution in [0.4, 0.5) is 5.00 Å². The van der Waals surface area contributed by atoms with Gasteiger partial charge in [-0.25, -0.2) is 0 Å². The zero-order chi connectivity index (χ0) is 17.4. The number of anilines is 1. The molecule has 1 N–H and O–H groups in total. The maximum atomic E-state index is 12.7. The monoisotopic (exact) mass is 374 g/mol. The first-order valence-corrected chi connectivity index (χ1v) is 9.49. The van der Waals surface area contributed by atoms with Crippen LogP contribution in [-0.4, -0.2) is 5.91 Å². The SMILES string of the molecule is CCc1c(C)sc(NC(=O)c2sc3cc(C)ccc3c2Cl)c1C#N. The summed E-state index contributed by atoms with van der Waals surface area (Å²) in [4.78, 5) is 14.2. The molecule has 0 atom stereocenters. The number of carbonyl (C=O) groups excluding carboxylic acids is 1. The molecule has 0 bridgehead atoms. The Labute approximate surface area is 153 Å². The number of nitriles is 1. The van der Waals surface area contributed by atoms with Gasteiger partial charge in [0, 0.05) is 15.0 Å². The van der Waals surface area contributed by atoms with Gasteiger partial charge in [0.05, 0.1) is 10.6 Å². The minimum Gasteiger partial charge on any atom is -0.312 e. The fraction of sp³-hybridized carbons (Fsp3) is 0.222. The van der Waals surface area contributed by atoms with Crippen molar-refractivity contribution in [1.29, 1.82) is 5.26 Å². The molecule has 3 aromatic rings. The van der Waals surface area contributed by atoms with Crippen molar-refractivity contribution >= 4 is 55.3 Å². The minimum absolute atomic E-state index is 0.265. The lowest BCUT2D eigenvalue weighted by Crippen LogP contribution is -2.10. The van der Waals surface area contributed by atoms with E-state index < -0.39 is 0 Å². The Kier molecular flexibility index (Phi) is 4.64. The van der Waals surface area contributed by atoms with Crippen LogP contribution >= 0.6 is 34.3 Å². The van der Waals surface area contributed by atoms with Gasteiger partial charge in [-0.3, -0.25) is 4.79 Å². The van der Waals surface area contributed by atoms with Gasteiger partial charge in [-0.05, 0) is 37.5 Å². The van der Waals surface area contributed by atoms with E-state index in [2.05, 4.69) is 11.4 Å². The van der Waals surface area contributed by atoms with Gasteiger partial charge < -0.3 is 5.32 Å². The summed E-state index contributed by atoms with van der Waals surface area (Å²) in [6, 6.07) is 8.14. The van der Waals surface area contributed by atoms with Crippen molar-refractivity contribution in [2.75, 3.05) is 5.32 Å². The maximum Gasteiger partial charge on any atom is 0.267 e. The summed E-state index contributed by atoms with van der Waals surface area (Å²) in [7, 11) is 0. The lowest BCUT2D eigenvalue weighted by molar-refractivity contribution is 0.103. The Hall–Kier alpha value is -1.87. The Balaban J connectivity index is 2.00. The van der Waals surface area contributed by atoms with E-state index in [1.165, 1.54) is 22.7 Å². The predicted molar refractivity (Wildman–Crippen MR) is 103 cm³/mol. The molecule has 0 unspecified atom stereocenters. The third-order valence-corrected chi connectivity index (χ3v) is 6.61. The molecular formula is C18H15ClN2OS2. The van der Waals surface area contributed by atoms with E-state index in [4.69, 9.17) is 11.6 Å². The van der Waals surface area contributed by atoms with Crippen LogP contribution in [0, 0.1) is 25.2 Å². The van der Waals surface area contributed by atoms with Crippen LogP contribution in [0.3, 0.4) is 0 Å². The van der Waals surface area contributed by atoms with Gasteiger partial charge in [0.15, 0.2) is 0 Å². The van der Waals surface area contributed by atoms with Crippen molar-refractivity contribution in [2.45, 2.75) is 27.2 Å². The molecule has 0 saturated carbocycles. The molecule has 2 heterocycles. The molecule has 1 amide bonds. The molecule has 122 valence electrons. The van der Waals surface area contributed by atoms with Gasteiger partial charge in [0.1, 0.15) is 15.9 Å². The average molecular weight is 375 g/mol. The average Bonchev–Trinajstić information content (AvgIpc) is 3.03. The lowest BCUT2D eigenvalue weighted by Gasteiger charge is -2.02. The fourth-order valence-electron chi connectivity index (χ4n) is 2.69. The molecule has 0 aliphatic carbocycles. The van der Waals surface area contributed by atoms with E-state index in [0.717, 1.165) is 32.5 Å². The topological polar surface area (TPSA) is 52.9 Å².